The molecule has 2 aromatic rings. The van der Waals surface area contributed by atoms with Gasteiger partial charge in [-0.2, -0.15) is 0 Å². The van der Waals surface area contributed by atoms with Crippen LogP contribution in [-0.4, -0.2) is 52.9 Å². The van der Waals surface area contributed by atoms with Crippen molar-refractivity contribution in [1.29, 1.82) is 0 Å². The summed E-state index contributed by atoms with van der Waals surface area (Å²) in [5, 5.41) is 0. The highest BCUT2D eigenvalue weighted by Crippen LogP contribution is 2.30. The summed E-state index contributed by atoms with van der Waals surface area (Å²) in [6.07, 6.45) is 3.50. The van der Waals surface area contributed by atoms with Crippen LogP contribution in [0.25, 0.3) is 0 Å². The predicted octanol–water partition coefficient (Wildman–Crippen LogP) is 2.42. The summed E-state index contributed by atoms with van der Waals surface area (Å²) in [5.74, 6) is 0.702. The highest BCUT2D eigenvalue weighted by molar-refractivity contribution is 5.78. The van der Waals surface area contributed by atoms with Crippen molar-refractivity contribution in [1.82, 2.24) is 19.8 Å². The molecular weight excluding hydrogens is 335 g/mol. The number of hydrogen-bond acceptors (Lipinski definition) is 5. The molecule has 138 valence electrons. The lowest BCUT2D eigenvalue weighted by Gasteiger charge is -2.24. The standard InChI is InChI=1S/C19H23FN4O2/c1-23(2)12-15-9-10-21-19(22-15)17-4-3-11-24(17)18(25)13-26-16-7-5-14(20)6-8-16/h5-10,17H,3-4,11-13H2,1-2H3/t17-/m0/s1. The van der Waals surface area contributed by atoms with Gasteiger partial charge < -0.3 is 14.5 Å². The third kappa shape index (κ3) is 4.54. The van der Waals surface area contributed by atoms with Gasteiger partial charge in [0.2, 0.25) is 0 Å². The Morgan fingerprint density at radius 2 is 2.08 bits per heavy atom. The maximum atomic E-state index is 12.9. The van der Waals surface area contributed by atoms with E-state index in [1.165, 1.54) is 24.3 Å². The van der Waals surface area contributed by atoms with Crippen molar-refractivity contribution < 1.29 is 13.9 Å². The summed E-state index contributed by atoms with van der Waals surface area (Å²) < 4.78 is 18.4. The highest BCUT2D eigenvalue weighted by atomic mass is 19.1. The number of amides is 1. The Bertz CT molecular complexity index is 751. The number of rotatable bonds is 6. The number of aromatic nitrogens is 2. The van der Waals surface area contributed by atoms with E-state index in [9.17, 15) is 9.18 Å². The molecule has 0 bridgehead atoms. The number of carbonyl (C=O) groups excluding carboxylic acids is 1. The van der Waals surface area contributed by atoms with Crippen LogP contribution in [0.15, 0.2) is 36.5 Å². The zero-order valence-corrected chi connectivity index (χ0v) is 15.1. The van der Waals surface area contributed by atoms with Crippen molar-refractivity contribution in [3.05, 3.63) is 53.9 Å². The monoisotopic (exact) mass is 358 g/mol. The van der Waals surface area contributed by atoms with E-state index in [0.29, 0.717) is 18.1 Å². The summed E-state index contributed by atoms with van der Waals surface area (Å²) in [5.41, 5.74) is 0.932. The summed E-state index contributed by atoms with van der Waals surface area (Å²) in [7, 11) is 3.97. The summed E-state index contributed by atoms with van der Waals surface area (Å²) >= 11 is 0. The molecule has 26 heavy (non-hydrogen) atoms. The second kappa shape index (κ2) is 8.23. The molecule has 1 aromatic carbocycles. The molecule has 1 aromatic heterocycles. The third-order valence-corrected chi connectivity index (χ3v) is 4.26. The van der Waals surface area contributed by atoms with Gasteiger partial charge in [0.1, 0.15) is 11.6 Å². The Kier molecular flexibility index (Phi) is 5.78. The van der Waals surface area contributed by atoms with Crippen LogP contribution in [0.2, 0.25) is 0 Å². The lowest BCUT2D eigenvalue weighted by molar-refractivity contribution is -0.134. The molecule has 0 saturated carbocycles. The fraction of sp³-hybridized carbons (Fsp3) is 0.421. The SMILES string of the molecule is CN(C)Cc1ccnc([C@@H]2CCCN2C(=O)COc2ccc(F)cc2)n1. The van der Waals surface area contributed by atoms with Gasteiger partial charge in [0.05, 0.1) is 11.7 Å². The van der Waals surface area contributed by atoms with Gasteiger partial charge in [0, 0.05) is 19.3 Å². The molecular formula is C19H23FN4O2. The number of benzene rings is 1. The quantitative estimate of drug-likeness (QED) is 0.794. The Morgan fingerprint density at radius 1 is 1.31 bits per heavy atom. The summed E-state index contributed by atoms with van der Waals surface area (Å²) in [6.45, 7) is 1.31. The summed E-state index contributed by atoms with van der Waals surface area (Å²) in [6, 6.07) is 7.41. The number of nitrogens with zero attached hydrogens (tertiary/aromatic N) is 4. The second-order valence-electron chi connectivity index (χ2n) is 6.63. The average molecular weight is 358 g/mol. The van der Waals surface area contributed by atoms with Gasteiger partial charge in [-0.1, -0.05) is 0 Å². The lowest BCUT2D eigenvalue weighted by Crippen LogP contribution is -2.35. The van der Waals surface area contributed by atoms with E-state index in [1.54, 1.807) is 11.1 Å². The van der Waals surface area contributed by atoms with Crippen LogP contribution >= 0.6 is 0 Å². The van der Waals surface area contributed by atoms with Crippen molar-refractivity contribution >= 4 is 5.91 Å². The van der Waals surface area contributed by atoms with Gasteiger partial charge in [-0.25, -0.2) is 14.4 Å². The van der Waals surface area contributed by atoms with Crippen molar-refractivity contribution in [2.75, 3.05) is 27.2 Å². The molecule has 1 aliphatic rings. The van der Waals surface area contributed by atoms with E-state index in [2.05, 4.69) is 9.97 Å². The molecule has 1 saturated heterocycles. The third-order valence-electron chi connectivity index (χ3n) is 4.26. The number of hydrogen-bond donors (Lipinski definition) is 0. The first-order valence-electron chi connectivity index (χ1n) is 8.67. The van der Waals surface area contributed by atoms with Crippen molar-refractivity contribution in [3.63, 3.8) is 0 Å². The maximum Gasteiger partial charge on any atom is 0.261 e. The molecule has 0 aliphatic carbocycles. The van der Waals surface area contributed by atoms with Crippen LogP contribution in [-0.2, 0) is 11.3 Å². The Morgan fingerprint density at radius 3 is 2.81 bits per heavy atom. The fourth-order valence-corrected chi connectivity index (χ4v) is 3.08. The molecule has 7 heteroatoms. The molecule has 0 N–H and O–H groups in total. The van der Waals surface area contributed by atoms with Crippen molar-refractivity contribution in [3.8, 4) is 5.75 Å². The Hall–Kier alpha value is -2.54. The van der Waals surface area contributed by atoms with Gasteiger partial charge in [0.25, 0.3) is 5.91 Å². The van der Waals surface area contributed by atoms with Crippen LogP contribution in [0.5, 0.6) is 5.75 Å². The number of halogens is 1. The summed E-state index contributed by atoms with van der Waals surface area (Å²) in [4.78, 5) is 25.4. The van der Waals surface area contributed by atoms with E-state index >= 15 is 0 Å². The minimum Gasteiger partial charge on any atom is -0.484 e. The lowest BCUT2D eigenvalue weighted by atomic mass is 10.2. The van der Waals surface area contributed by atoms with Crippen LogP contribution in [0.1, 0.15) is 30.4 Å². The normalized spacial score (nSPS) is 16.9. The van der Waals surface area contributed by atoms with Gasteiger partial charge in [-0.15, -0.1) is 0 Å². The molecule has 1 aliphatic heterocycles. The number of ether oxygens (including phenoxy) is 1. The number of likely N-dealkylation sites (tertiary alicyclic amines) is 1. The first-order valence-corrected chi connectivity index (χ1v) is 8.67. The fourth-order valence-electron chi connectivity index (χ4n) is 3.08. The van der Waals surface area contributed by atoms with Crippen LogP contribution in [0, 0.1) is 5.82 Å². The van der Waals surface area contributed by atoms with Crippen molar-refractivity contribution in [2.45, 2.75) is 25.4 Å². The minimum atomic E-state index is -0.335. The second-order valence-corrected chi connectivity index (χ2v) is 6.63. The van der Waals surface area contributed by atoms with Gasteiger partial charge in [0.15, 0.2) is 12.4 Å². The van der Waals surface area contributed by atoms with E-state index in [1.807, 2.05) is 25.1 Å². The van der Waals surface area contributed by atoms with Gasteiger partial charge >= 0.3 is 0 Å². The zero-order valence-electron chi connectivity index (χ0n) is 15.1. The Balaban J connectivity index is 1.65. The van der Waals surface area contributed by atoms with Crippen LogP contribution in [0.3, 0.4) is 0 Å². The van der Waals surface area contributed by atoms with Crippen LogP contribution in [0.4, 0.5) is 4.39 Å². The first-order chi connectivity index (χ1) is 12.5. The van der Waals surface area contributed by atoms with E-state index in [4.69, 9.17) is 4.74 Å². The average Bonchev–Trinajstić information content (AvgIpc) is 3.10. The van der Waals surface area contributed by atoms with Crippen molar-refractivity contribution in [2.24, 2.45) is 0 Å². The Labute approximate surface area is 152 Å². The number of carbonyl (C=O) groups is 1. The molecule has 3 rings (SSSR count). The maximum absolute atomic E-state index is 12.9. The smallest absolute Gasteiger partial charge is 0.261 e. The topological polar surface area (TPSA) is 58.6 Å². The van der Waals surface area contributed by atoms with Crippen LogP contribution < -0.4 is 4.74 Å². The highest BCUT2D eigenvalue weighted by Gasteiger charge is 2.32. The van der Waals surface area contributed by atoms with E-state index in [0.717, 1.165) is 25.1 Å². The predicted molar refractivity (Wildman–Crippen MR) is 95.0 cm³/mol. The molecule has 6 nitrogen and oxygen atoms in total. The minimum absolute atomic E-state index is 0.0838. The largest absolute Gasteiger partial charge is 0.484 e. The van der Waals surface area contributed by atoms with E-state index < -0.39 is 0 Å². The first kappa shape index (κ1) is 18.3. The molecule has 1 atom stereocenters. The molecule has 1 fully saturated rings. The molecule has 0 unspecified atom stereocenters. The molecule has 1 amide bonds. The molecule has 2 heterocycles. The molecule has 0 radical (unpaired) electrons. The van der Waals surface area contributed by atoms with Gasteiger partial charge in [-0.3, -0.25) is 4.79 Å². The molecule has 0 spiro atoms. The zero-order chi connectivity index (χ0) is 18.5. The van der Waals surface area contributed by atoms with E-state index in [-0.39, 0.29) is 24.4 Å². The van der Waals surface area contributed by atoms with Gasteiger partial charge in [-0.05, 0) is 57.3 Å².